The van der Waals surface area contributed by atoms with Crippen LogP contribution in [0.25, 0.3) is 5.82 Å². The van der Waals surface area contributed by atoms with Crippen molar-refractivity contribution in [3.05, 3.63) is 101 Å². The molecule has 1 fully saturated rings. The number of likely N-dealkylation sites (tertiary alicyclic amines) is 1. The predicted octanol–water partition coefficient (Wildman–Crippen LogP) is 5.12. The molecule has 182 valence electrons. The van der Waals surface area contributed by atoms with Crippen LogP contribution in [0.15, 0.2) is 78.1 Å². The van der Waals surface area contributed by atoms with Crippen LogP contribution in [0.2, 0.25) is 0 Å². The number of hydrogen-bond donors (Lipinski definition) is 0. The average Bonchev–Trinajstić information content (AvgIpc) is 3.49. The molecular weight excluding hydrogens is 470 g/mol. The van der Waals surface area contributed by atoms with Crippen molar-refractivity contribution in [2.75, 3.05) is 6.54 Å². The maximum Gasteiger partial charge on any atom is 0.223 e. The topological polar surface area (TPSA) is 81.0 Å². The van der Waals surface area contributed by atoms with Crippen LogP contribution in [0.3, 0.4) is 0 Å². The van der Waals surface area contributed by atoms with E-state index in [4.69, 9.17) is 0 Å². The van der Waals surface area contributed by atoms with Crippen molar-refractivity contribution in [3.63, 3.8) is 0 Å². The van der Waals surface area contributed by atoms with Crippen LogP contribution in [-0.2, 0) is 11.3 Å². The van der Waals surface area contributed by atoms with Crippen molar-refractivity contribution in [1.82, 2.24) is 24.6 Å². The van der Waals surface area contributed by atoms with Gasteiger partial charge in [0, 0.05) is 24.7 Å². The van der Waals surface area contributed by atoms with Gasteiger partial charge in [0.05, 0.1) is 6.54 Å². The molecule has 1 aliphatic heterocycles. The standard InChI is InChI=1S/C28H27N5O2S/c1-19-8-12-21(13-9-19)26(35)27(22-14-10-20(2)11-15-22)36-28-31-30-24(18-32-17-5-7-25(32)34)33(28)23-6-3-4-16-29-23/h3-4,6,8-16,27H,5,7,17-18H2,1-2H3. The molecule has 1 amide bonds. The van der Waals surface area contributed by atoms with Crippen LogP contribution in [0.4, 0.5) is 0 Å². The van der Waals surface area contributed by atoms with Crippen molar-refractivity contribution in [1.29, 1.82) is 0 Å². The van der Waals surface area contributed by atoms with Gasteiger partial charge >= 0.3 is 0 Å². The van der Waals surface area contributed by atoms with Crippen LogP contribution >= 0.6 is 11.8 Å². The molecule has 3 heterocycles. The van der Waals surface area contributed by atoms with Crippen molar-refractivity contribution in [2.45, 2.75) is 43.6 Å². The number of Topliss-reactive ketones (excluding diaryl/α,β-unsaturated/α-hetero) is 1. The highest BCUT2D eigenvalue weighted by molar-refractivity contribution is 8.00. The fourth-order valence-electron chi connectivity index (χ4n) is 4.23. The molecule has 0 bridgehead atoms. The van der Waals surface area contributed by atoms with Gasteiger partial charge in [0.2, 0.25) is 5.91 Å². The maximum atomic E-state index is 13.8. The Labute approximate surface area is 214 Å². The SMILES string of the molecule is Cc1ccc(C(=O)C(Sc2nnc(CN3CCCC3=O)n2-c2ccccn2)c2ccc(C)cc2)cc1. The third-order valence-electron chi connectivity index (χ3n) is 6.26. The van der Waals surface area contributed by atoms with Gasteiger partial charge < -0.3 is 4.90 Å². The molecule has 36 heavy (non-hydrogen) atoms. The van der Waals surface area contributed by atoms with E-state index in [0.29, 0.717) is 41.9 Å². The van der Waals surface area contributed by atoms with E-state index in [1.54, 1.807) is 11.1 Å². The third kappa shape index (κ3) is 5.09. The molecule has 1 saturated heterocycles. The molecule has 0 spiro atoms. The van der Waals surface area contributed by atoms with E-state index in [1.165, 1.54) is 11.8 Å². The van der Waals surface area contributed by atoms with Gasteiger partial charge in [-0.1, -0.05) is 77.5 Å². The van der Waals surface area contributed by atoms with E-state index in [-0.39, 0.29) is 11.7 Å². The summed E-state index contributed by atoms with van der Waals surface area (Å²) in [4.78, 5) is 32.4. The summed E-state index contributed by atoms with van der Waals surface area (Å²) in [6, 6.07) is 21.3. The molecule has 0 N–H and O–H groups in total. The number of ketones is 1. The van der Waals surface area contributed by atoms with Gasteiger partial charge in [0.15, 0.2) is 16.8 Å². The first-order chi connectivity index (χ1) is 17.5. The lowest BCUT2D eigenvalue weighted by Crippen LogP contribution is -2.26. The van der Waals surface area contributed by atoms with Gasteiger partial charge in [-0.2, -0.15) is 0 Å². The smallest absolute Gasteiger partial charge is 0.223 e. The first-order valence-electron chi connectivity index (χ1n) is 12.0. The van der Waals surface area contributed by atoms with E-state index in [1.807, 2.05) is 85.1 Å². The fourth-order valence-corrected chi connectivity index (χ4v) is 5.37. The number of aryl methyl sites for hydroxylation is 2. The number of benzene rings is 2. The Kier molecular flexibility index (Phi) is 6.95. The van der Waals surface area contributed by atoms with Crippen molar-refractivity contribution < 1.29 is 9.59 Å². The minimum atomic E-state index is -0.527. The number of nitrogens with zero attached hydrogens (tertiary/aromatic N) is 5. The lowest BCUT2D eigenvalue weighted by Gasteiger charge is -2.18. The Morgan fingerprint density at radius 3 is 2.33 bits per heavy atom. The number of thioether (sulfide) groups is 1. The molecule has 2 aromatic carbocycles. The summed E-state index contributed by atoms with van der Waals surface area (Å²) >= 11 is 1.35. The van der Waals surface area contributed by atoms with E-state index >= 15 is 0 Å². The highest BCUT2D eigenvalue weighted by Gasteiger charge is 2.29. The summed E-state index contributed by atoms with van der Waals surface area (Å²) in [6.45, 7) is 5.08. The summed E-state index contributed by atoms with van der Waals surface area (Å²) in [7, 11) is 0. The summed E-state index contributed by atoms with van der Waals surface area (Å²) in [5, 5.41) is 8.95. The van der Waals surface area contributed by atoms with E-state index in [9.17, 15) is 9.59 Å². The Morgan fingerprint density at radius 1 is 0.972 bits per heavy atom. The molecule has 2 aromatic heterocycles. The first kappa shape index (κ1) is 23.9. The van der Waals surface area contributed by atoms with Gasteiger partial charge in [-0.15, -0.1) is 10.2 Å². The Morgan fingerprint density at radius 2 is 1.69 bits per heavy atom. The summed E-state index contributed by atoms with van der Waals surface area (Å²) < 4.78 is 1.86. The number of carbonyl (C=O) groups excluding carboxylic acids is 2. The zero-order valence-corrected chi connectivity index (χ0v) is 21.1. The summed E-state index contributed by atoms with van der Waals surface area (Å²) in [5.74, 6) is 1.39. The third-order valence-corrected chi connectivity index (χ3v) is 7.46. The molecule has 4 aromatic rings. The molecule has 0 radical (unpaired) electrons. The van der Waals surface area contributed by atoms with Crippen LogP contribution in [0, 0.1) is 13.8 Å². The van der Waals surface area contributed by atoms with Gasteiger partial charge in [-0.25, -0.2) is 4.98 Å². The minimum absolute atomic E-state index is 0.00399. The second-order valence-electron chi connectivity index (χ2n) is 8.98. The molecular formula is C28H27N5O2S. The summed E-state index contributed by atoms with van der Waals surface area (Å²) in [6.07, 6.45) is 3.11. The largest absolute Gasteiger partial charge is 0.335 e. The maximum absolute atomic E-state index is 13.8. The second-order valence-corrected chi connectivity index (χ2v) is 10.1. The molecule has 1 aliphatic rings. The zero-order chi connectivity index (χ0) is 25.1. The van der Waals surface area contributed by atoms with Gasteiger partial charge in [-0.3, -0.25) is 14.2 Å². The van der Waals surface area contributed by atoms with Crippen molar-refractivity contribution in [2.24, 2.45) is 0 Å². The first-order valence-corrected chi connectivity index (χ1v) is 12.8. The Bertz CT molecular complexity index is 1370. The van der Waals surface area contributed by atoms with Crippen LogP contribution in [0.5, 0.6) is 0 Å². The fraction of sp³-hybridized carbons (Fsp3) is 0.250. The lowest BCUT2D eigenvalue weighted by atomic mass is 10.0. The average molecular weight is 498 g/mol. The number of carbonyl (C=O) groups is 2. The van der Waals surface area contributed by atoms with Crippen LogP contribution in [-0.4, -0.2) is 42.9 Å². The molecule has 1 atom stereocenters. The molecule has 7 nitrogen and oxygen atoms in total. The Hall–Kier alpha value is -3.78. The van der Waals surface area contributed by atoms with Gasteiger partial charge in [-0.05, 0) is 38.0 Å². The number of hydrogen-bond acceptors (Lipinski definition) is 6. The molecule has 1 unspecified atom stereocenters. The number of amides is 1. The zero-order valence-electron chi connectivity index (χ0n) is 20.3. The molecule has 5 rings (SSSR count). The Balaban J connectivity index is 1.55. The van der Waals surface area contributed by atoms with Gasteiger partial charge in [0.25, 0.3) is 0 Å². The normalized spacial score (nSPS) is 14.3. The summed E-state index contributed by atoms with van der Waals surface area (Å²) in [5.41, 5.74) is 3.76. The van der Waals surface area contributed by atoms with Crippen LogP contribution < -0.4 is 0 Å². The lowest BCUT2D eigenvalue weighted by molar-refractivity contribution is -0.128. The second kappa shape index (κ2) is 10.5. The van der Waals surface area contributed by atoms with E-state index < -0.39 is 5.25 Å². The number of rotatable bonds is 8. The van der Waals surface area contributed by atoms with Crippen molar-refractivity contribution >= 4 is 23.5 Å². The van der Waals surface area contributed by atoms with E-state index in [0.717, 1.165) is 23.1 Å². The monoisotopic (exact) mass is 497 g/mol. The highest BCUT2D eigenvalue weighted by Crippen LogP contribution is 2.38. The number of pyridine rings is 1. The minimum Gasteiger partial charge on any atom is -0.335 e. The molecule has 8 heteroatoms. The van der Waals surface area contributed by atoms with Crippen LogP contribution in [0.1, 0.15) is 51.0 Å². The molecule has 0 saturated carbocycles. The van der Waals surface area contributed by atoms with E-state index in [2.05, 4.69) is 15.2 Å². The van der Waals surface area contributed by atoms with Gasteiger partial charge in [0.1, 0.15) is 11.1 Å². The molecule has 0 aliphatic carbocycles. The quantitative estimate of drug-likeness (QED) is 0.248. The number of aromatic nitrogens is 4. The van der Waals surface area contributed by atoms with Crippen molar-refractivity contribution in [3.8, 4) is 5.82 Å². The highest BCUT2D eigenvalue weighted by atomic mass is 32.2. The predicted molar refractivity (Wildman–Crippen MR) is 139 cm³/mol.